The summed E-state index contributed by atoms with van der Waals surface area (Å²) in [6.07, 6.45) is 1.08. The van der Waals surface area contributed by atoms with Gasteiger partial charge in [0.2, 0.25) is 10.0 Å². The third-order valence-corrected chi connectivity index (χ3v) is 4.40. The zero-order chi connectivity index (χ0) is 19.3. The summed E-state index contributed by atoms with van der Waals surface area (Å²) in [7, 11) is -3.41. The minimum absolute atomic E-state index is 0.226. The highest BCUT2D eigenvalue weighted by Crippen LogP contribution is 2.21. The van der Waals surface area contributed by atoms with Crippen molar-refractivity contribution < 1.29 is 17.9 Å². The third kappa shape index (κ3) is 5.49. The Morgan fingerprint density at radius 2 is 1.92 bits per heavy atom. The van der Waals surface area contributed by atoms with E-state index in [9.17, 15) is 13.2 Å². The van der Waals surface area contributed by atoms with Crippen LogP contribution in [-0.4, -0.2) is 27.2 Å². The monoisotopic (exact) mass is 376 g/mol. The molecule has 2 rings (SSSR count). The molecule has 0 saturated carbocycles. The molecule has 7 heteroatoms. The Bertz CT molecular complexity index is 894. The molecular formula is C19H24N2O4S. The van der Waals surface area contributed by atoms with Gasteiger partial charge in [-0.3, -0.25) is 9.52 Å². The van der Waals surface area contributed by atoms with Crippen molar-refractivity contribution >= 4 is 21.6 Å². The van der Waals surface area contributed by atoms with E-state index < -0.39 is 10.0 Å². The standard InChI is InChI=1S/C19H24N2O4S/c1-5-25-17-8-6-7-15(11-17)14(3)20-19(22)16-10-9-13(2)18(12-16)21-26(4,23)24/h6-12,14,21H,5H2,1-4H3,(H,20,22)/t14-/m0/s1. The normalized spacial score (nSPS) is 12.3. The van der Waals surface area contributed by atoms with Crippen molar-refractivity contribution in [3.63, 3.8) is 0 Å². The third-order valence-electron chi connectivity index (χ3n) is 3.81. The summed E-state index contributed by atoms with van der Waals surface area (Å²) in [6.45, 7) is 6.14. The number of anilines is 1. The first-order valence-electron chi connectivity index (χ1n) is 8.31. The Hall–Kier alpha value is -2.54. The Balaban J connectivity index is 2.16. The summed E-state index contributed by atoms with van der Waals surface area (Å²) in [4.78, 5) is 12.5. The van der Waals surface area contributed by atoms with Crippen molar-refractivity contribution in [2.45, 2.75) is 26.8 Å². The number of rotatable bonds is 7. The van der Waals surface area contributed by atoms with Gasteiger partial charge in [-0.25, -0.2) is 8.42 Å². The quantitative estimate of drug-likeness (QED) is 0.777. The Kier molecular flexibility index (Phi) is 6.26. The van der Waals surface area contributed by atoms with Gasteiger partial charge in [0, 0.05) is 5.56 Å². The Labute approximate surface area is 154 Å². The van der Waals surface area contributed by atoms with Crippen LogP contribution in [0.1, 0.15) is 41.4 Å². The van der Waals surface area contributed by atoms with Crippen LogP contribution in [-0.2, 0) is 10.0 Å². The van der Waals surface area contributed by atoms with Gasteiger partial charge in [0.25, 0.3) is 5.91 Å². The summed E-state index contributed by atoms with van der Waals surface area (Å²) in [5.41, 5.74) is 2.44. The van der Waals surface area contributed by atoms with Crippen molar-refractivity contribution in [2.24, 2.45) is 0 Å². The molecule has 2 aromatic carbocycles. The highest BCUT2D eigenvalue weighted by Gasteiger charge is 2.14. The summed E-state index contributed by atoms with van der Waals surface area (Å²) in [5.74, 6) is 0.469. The SMILES string of the molecule is CCOc1cccc([C@H](C)NC(=O)c2ccc(C)c(NS(C)(=O)=O)c2)c1. The second-order valence-electron chi connectivity index (χ2n) is 6.10. The molecule has 0 bridgehead atoms. The van der Waals surface area contributed by atoms with Crippen LogP contribution < -0.4 is 14.8 Å². The van der Waals surface area contributed by atoms with E-state index in [4.69, 9.17) is 4.74 Å². The molecule has 0 fully saturated rings. The van der Waals surface area contributed by atoms with Gasteiger partial charge in [0.05, 0.1) is 24.6 Å². The summed E-state index contributed by atoms with van der Waals surface area (Å²) >= 11 is 0. The van der Waals surface area contributed by atoms with Crippen molar-refractivity contribution in [1.29, 1.82) is 0 Å². The molecule has 0 radical (unpaired) electrons. The largest absolute Gasteiger partial charge is 0.494 e. The van der Waals surface area contributed by atoms with Gasteiger partial charge in [-0.05, 0) is 56.2 Å². The van der Waals surface area contributed by atoms with Crippen molar-refractivity contribution in [3.8, 4) is 5.75 Å². The zero-order valence-corrected chi connectivity index (χ0v) is 16.2. The van der Waals surface area contributed by atoms with Crippen LogP contribution >= 0.6 is 0 Å². The number of sulfonamides is 1. The van der Waals surface area contributed by atoms with Gasteiger partial charge < -0.3 is 10.1 Å². The fourth-order valence-electron chi connectivity index (χ4n) is 2.48. The molecule has 2 aromatic rings. The van der Waals surface area contributed by atoms with Crippen LogP contribution in [0.5, 0.6) is 5.75 Å². The molecule has 0 aliphatic rings. The van der Waals surface area contributed by atoms with Crippen LogP contribution in [0, 0.1) is 6.92 Å². The first-order valence-corrected chi connectivity index (χ1v) is 10.2. The molecule has 6 nitrogen and oxygen atoms in total. The van der Waals surface area contributed by atoms with Gasteiger partial charge in [-0.1, -0.05) is 18.2 Å². The fraction of sp³-hybridized carbons (Fsp3) is 0.316. The predicted octanol–water partition coefficient (Wildman–Crippen LogP) is 3.26. The van der Waals surface area contributed by atoms with Gasteiger partial charge in [0.1, 0.15) is 5.75 Å². The van der Waals surface area contributed by atoms with E-state index in [1.165, 1.54) is 6.07 Å². The molecule has 0 aromatic heterocycles. The molecule has 26 heavy (non-hydrogen) atoms. The minimum Gasteiger partial charge on any atom is -0.494 e. The maximum Gasteiger partial charge on any atom is 0.251 e. The molecule has 0 aliphatic heterocycles. The molecule has 2 N–H and O–H groups in total. The van der Waals surface area contributed by atoms with Gasteiger partial charge in [-0.2, -0.15) is 0 Å². The number of hydrogen-bond acceptors (Lipinski definition) is 4. The smallest absolute Gasteiger partial charge is 0.251 e. The van der Waals surface area contributed by atoms with Gasteiger partial charge in [0.15, 0.2) is 0 Å². The lowest BCUT2D eigenvalue weighted by molar-refractivity contribution is 0.0940. The Morgan fingerprint density at radius 1 is 1.19 bits per heavy atom. The van der Waals surface area contributed by atoms with Crippen LogP contribution in [0.3, 0.4) is 0 Å². The van der Waals surface area contributed by atoms with Gasteiger partial charge in [-0.15, -0.1) is 0 Å². The summed E-state index contributed by atoms with van der Waals surface area (Å²) in [6, 6.07) is 12.2. The summed E-state index contributed by atoms with van der Waals surface area (Å²) in [5, 5.41) is 2.92. The van der Waals surface area contributed by atoms with Gasteiger partial charge >= 0.3 is 0 Å². The van der Waals surface area contributed by atoms with Crippen molar-refractivity contribution in [2.75, 3.05) is 17.6 Å². The number of benzene rings is 2. The molecule has 0 spiro atoms. The topological polar surface area (TPSA) is 84.5 Å². The maximum atomic E-state index is 12.5. The first-order chi connectivity index (χ1) is 12.2. The van der Waals surface area contributed by atoms with E-state index >= 15 is 0 Å². The van der Waals surface area contributed by atoms with E-state index in [0.29, 0.717) is 17.9 Å². The van der Waals surface area contributed by atoms with E-state index in [2.05, 4.69) is 10.0 Å². The van der Waals surface area contributed by atoms with E-state index in [-0.39, 0.29) is 11.9 Å². The second kappa shape index (κ2) is 8.23. The molecule has 1 atom stereocenters. The highest BCUT2D eigenvalue weighted by atomic mass is 32.2. The lowest BCUT2D eigenvalue weighted by Crippen LogP contribution is -2.26. The van der Waals surface area contributed by atoms with Crippen LogP contribution in [0.25, 0.3) is 0 Å². The van der Waals surface area contributed by atoms with Crippen molar-refractivity contribution in [1.82, 2.24) is 5.32 Å². The zero-order valence-electron chi connectivity index (χ0n) is 15.4. The lowest BCUT2D eigenvalue weighted by Gasteiger charge is -2.16. The lowest BCUT2D eigenvalue weighted by atomic mass is 10.1. The average molecular weight is 376 g/mol. The molecule has 0 heterocycles. The average Bonchev–Trinajstić information content (AvgIpc) is 2.56. The van der Waals surface area contributed by atoms with E-state index in [0.717, 1.165) is 23.1 Å². The summed E-state index contributed by atoms with van der Waals surface area (Å²) < 4.78 is 30.8. The number of hydrogen-bond donors (Lipinski definition) is 2. The number of nitrogens with one attached hydrogen (secondary N) is 2. The molecule has 0 unspecified atom stereocenters. The Morgan fingerprint density at radius 3 is 2.58 bits per heavy atom. The first kappa shape index (κ1) is 19.8. The molecular weight excluding hydrogens is 352 g/mol. The van der Waals surface area contributed by atoms with Crippen LogP contribution in [0.4, 0.5) is 5.69 Å². The van der Waals surface area contributed by atoms with Crippen LogP contribution in [0.2, 0.25) is 0 Å². The number of carbonyl (C=O) groups is 1. The number of ether oxygens (including phenoxy) is 1. The number of carbonyl (C=O) groups excluding carboxylic acids is 1. The number of amides is 1. The fourth-order valence-corrected chi connectivity index (χ4v) is 3.10. The highest BCUT2D eigenvalue weighted by molar-refractivity contribution is 7.92. The maximum absolute atomic E-state index is 12.5. The number of aryl methyl sites for hydroxylation is 1. The van der Waals surface area contributed by atoms with E-state index in [1.807, 2.05) is 38.1 Å². The second-order valence-corrected chi connectivity index (χ2v) is 7.85. The molecule has 140 valence electrons. The van der Waals surface area contributed by atoms with E-state index in [1.54, 1.807) is 19.1 Å². The van der Waals surface area contributed by atoms with Crippen LogP contribution in [0.15, 0.2) is 42.5 Å². The molecule has 0 aliphatic carbocycles. The molecule has 1 amide bonds. The minimum atomic E-state index is -3.41. The van der Waals surface area contributed by atoms with Crippen molar-refractivity contribution in [3.05, 3.63) is 59.2 Å². The predicted molar refractivity (Wildman–Crippen MR) is 103 cm³/mol. The molecule has 0 saturated heterocycles.